The molecule has 19 heavy (non-hydrogen) atoms. The number of ether oxygens (including phenoxy) is 1. The Bertz CT molecular complexity index is 451. The number of rotatable bonds is 6. The van der Waals surface area contributed by atoms with Crippen molar-refractivity contribution in [3.63, 3.8) is 0 Å². The molecular weight excluding hydrogens is 312 g/mol. The van der Waals surface area contributed by atoms with Crippen LogP contribution in [0.25, 0.3) is 0 Å². The van der Waals surface area contributed by atoms with E-state index in [1.807, 2.05) is 13.8 Å². The smallest absolute Gasteiger partial charge is 0.340 e. The maximum Gasteiger partial charge on any atom is 0.340 e. The maximum atomic E-state index is 11.6. The first-order valence-corrected chi connectivity index (χ1v) is 6.89. The number of hydrogen-bond acceptors (Lipinski definition) is 4. The summed E-state index contributed by atoms with van der Waals surface area (Å²) < 4.78 is 5.60. The van der Waals surface area contributed by atoms with E-state index in [4.69, 9.17) is 4.74 Å². The number of esters is 1. The summed E-state index contributed by atoms with van der Waals surface area (Å²) in [6.07, 6.45) is 4.85. The van der Waals surface area contributed by atoms with Crippen LogP contribution >= 0.6 is 15.9 Å². The van der Waals surface area contributed by atoms with E-state index in [9.17, 15) is 9.59 Å². The molecule has 1 heterocycles. The fraction of sp³-hybridized carbons (Fsp3) is 0.462. The average molecular weight is 329 g/mol. The van der Waals surface area contributed by atoms with Crippen molar-refractivity contribution in [1.82, 2.24) is 10.3 Å². The summed E-state index contributed by atoms with van der Waals surface area (Å²) in [5.74, 6) is -0.857. The molecule has 1 atom stereocenters. The first-order chi connectivity index (χ1) is 9.02. The first-order valence-electron chi connectivity index (χ1n) is 6.10. The fourth-order valence-electron chi connectivity index (χ4n) is 1.56. The second kappa shape index (κ2) is 7.89. The summed E-state index contributed by atoms with van der Waals surface area (Å²) in [7, 11) is 0. The molecule has 1 rings (SSSR count). The van der Waals surface area contributed by atoms with Gasteiger partial charge in [-0.25, -0.2) is 4.79 Å². The van der Waals surface area contributed by atoms with Gasteiger partial charge in [0.2, 0.25) is 0 Å². The minimum Gasteiger partial charge on any atom is -0.452 e. The Morgan fingerprint density at radius 2 is 2.21 bits per heavy atom. The molecule has 5 nitrogen and oxygen atoms in total. The van der Waals surface area contributed by atoms with Gasteiger partial charge < -0.3 is 10.1 Å². The summed E-state index contributed by atoms with van der Waals surface area (Å²) in [5.41, 5.74) is 0.309. The maximum absolute atomic E-state index is 11.6. The lowest BCUT2D eigenvalue weighted by atomic mass is 10.2. The van der Waals surface area contributed by atoms with E-state index in [0.717, 1.165) is 12.8 Å². The molecule has 1 N–H and O–H groups in total. The summed E-state index contributed by atoms with van der Waals surface area (Å²) in [5, 5.41) is 2.76. The van der Waals surface area contributed by atoms with Crippen molar-refractivity contribution in [2.75, 3.05) is 6.61 Å². The van der Waals surface area contributed by atoms with Gasteiger partial charge in [0.05, 0.1) is 5.56 Å². The Balaban J connectivity index is 2.40. The van der Waals surface area contributed by atoms with Gasteiger partial charge in [-0.05, 0) is 35.3 Å². The minimum absolute atomic E-state index is 0.0868. The number of pyridine rings is 1. The molecule has 1 aromatic rings. The summed E-state index contributed by atoms with van der Waals surface area (Å²) >= 11 is 3.21. The summed E-state index contributed by atoms with van der Waals surface area (Å²) in [6, 6.07) is 1.68. The molecular formula is C13H17BrN2O3. The lowest BCUT2D eigenvalue weighted by Gasteiger charge is -2.12. The standard InChI is InChI=1S/C13H17BrN2O3/c1-3-4-9(2)16-12(17)8-19-13(18)10-5-11(14)7-15-6-10/h5-7,9H,3-4,8H2,1-2H3,(H,16,17). The van der Waals surface area contributed by atoms with Crippen LogP contribution in [0.5, 0.6) is 0 Å². The number of halogens is 1. The van der Waals surface area contributed by atoms with Crippen molar-refractivity contribution in [3.8, 4) is 0 Å². The lowest BCUT2D eigenvalue weighted by Crippen LogP contribution is -2.35. The quantitative estimate of drug-likeness (QED) is 0.813. The molecule has 0 radical (unpaired) electrons. The zero-order valence-corrected chi connectivity index (χ0v) is 12.6. The zero-order valence-electron chi connectivity index (χ0n) is 11.0. The van der Waals surface area contributed by atoms with Crippen molar-refractivity contribution >= 4 is 27.8 Å². The van der Waals surface area contributed by atoms with Crippen LogP contribution in [0.1, 0.15) is 37.0 Å². The Kier molecular flexibility index (Phi) is 6.49. The highest BCUT2D eigenvalue weighted by molar-refractivity contribution is 9.10. The molecule has 0 aliphatic rings. The summed E-state index contributed by atoms with van der Waals surface area (Å²) in [4.78, 5) is 27.0. The summed E-state index contributed by atoms with van der Waals surface area (Å²) in [6.45, 7) is 3.68. The van der Waals surface area contributed by atoms with Crippen LogP contribution in [-0.2, 0) is 9.53 Å². The van der Waals surface area contributed by atoms with Gasteiger partial charge >= 0.3 is 5.97 Å². The van der Waals surface area contributed by atoms with Crippen molar-refractivity contribution < 1.29 is 14.3 Å². The monoisotopic (exact) mass is 328 g/mol. The van der Waals surface area contributed by atoms with Crippen LogP contribution in [0.3, 0.4) is 0 Å². The van der Waals surface area contributed by atoms with Crippen molar-refractivity contribution in [2.45, 2.75) is 32.7 Å². The molecule has 0 aromatic carbocycles. The van der Waals surface area contributed by atoms with Gasteiger partial charge in [-0.3, -0.25) is 9.78 Å². The van der Waals surface area contributed by atoms with E-state index in [2.05, 4.69) is 26.2 Å². The number of nitrogens with one attached hydrogen (secondary N) is 1. The van der Waals surface area contributed by atoms with Gasteiger partial charge in [0.15, 0.2) is 6.61 Å². The number of aromatic nitrogens is 1. The Morgan fingerprint density at radius 3 is 2.84 bits per heavy atom. The lowest BCUT2D eigenvalue weighted by molar-refractivity contribution is -0.124. The molecule has 0 saturated heterocycles. The van der Waals surface area contributed by atoms with Crippen LogP contribution < -0.4 is 5.32 Å². The van der Waals surface area contributed by atoms with Gasteiger partial charge in [0, 0.05) is 22.9 Å². The van der Waals surface area contributed by atoms with Crippen molar-refractivity contribution in [2.24, 2.45) is 0 Å². The highest BCUT2D eigenvalue weighted by atomic mass is 79.9. The molecule has 0 aliphatic carbocycles. The highest BCUT2D eigenvalue weighted by Crippen LogP contribution is 2.10. The average Bonchev–Trinajstić information content (AvgIpc) is 2.36. The Labute approximate surface area is 120 Å². The molecule has 0 fully saturated rings. The molecule has 0 aliphatic heterocycles. The van der Waals surface area contributed by atoms with E-state index in [1.165, 1.54) is 6.20 Å². The second-order valence-corrected chi connectivity index (χ2v) is 5.14. The molecule has 1 aromatic heterocycles. The van der Waals surface area contributed by atoms with Gasteiger partial charge in [0.1, 0.15) is 0 Å². The molecule has 1 amide bonds. The first kappa shape index (κ1) is 15.6. The number of carbonyl (C=O) groups is 2. The van der Waals surface area contributed by atoms with Gasteiger partial charge in [0.25, 0.3) is 5.91 Å². The Hall–Kier alpha value is -1.43. The zero-order chi connectivity index (χ0) is 14.3. The van der Waals surface area contributed by atoms with Crippen LogP contribution in [0.15, 0.2) is 22.9 Å². The number of carbonyl (C=O) groups excluding carboxylic acids is 2. The second-order valence-electron chi connectivity index (χ2n) is 4.23. The number of nitrogens with zero attached hydrogens (tertiary/aromatic N) is 1. The van der Waals surface area contributed by atoms with E-state index in [1.54, 1.807) is 12.3 Å². The molecule has 0 bridgehead atoms. The van der Waals surface area contributed by atoms with Crippen LogP contribution in [0, 0.1) is 0 Å². The third-order valence-electron chi connectivity index (χ3n) is 2.40. The van der Waals surface area contributed by atoms with Gasteiger partial charge in [-0.1, -0.05) is 13.3 Å². The van der Waals surface area contributed by atoms with Crippen LogP contribution in [0.4, 0.5) is 0 Å². The number of hydrogen-bond donors (Lipinski definition) is 1. The van der Waals surface area contributed by atoms with E-state index >= 15 is 0 Å². The Morgan fingerprint density at radius 1 is 1.47 bits per heavy atom. The molecule has 104 valence electrons. The van der Waals surface area contributed by atoms with E-state index < -0.39 is 5.97 Å². The largest absolute Gasteiger partial charge is 0.452 e. The van der Waals surface area contributed by atoms with Crippen molar-refractivity contribution in [3.05, 3.63) is 28.5 Å². The SMILES string of the molecule is CCCC(C)NC(=O)COC(=O)c1cncc(Br)c1. The molecule has 6 heteroatoms. The van der Waals surface area contributed by atoms with Crippen molar-refractivity contribution in [1.29, 1.82) is 0 Å². The minimum atomic E-state index is -0.563. The normalized spacial score (nSPS) is 11.7. The van der Waals surface area contributed by atoms with E-state index in [-0.39, 0.29) is 18.6 Å². The molecule has 0 saturated carbocycles. The van der Waals surface area contributed by atoms with Crippen LogP contribution in [-0.4, -0.2) is 29.5 Å². The third-order valence-corrected chi connectivity index (χ3v) is 2.84. The van der Waals surface area contributed by atoms with Crippen LogP contribution in [0.2, 0.25) is 0 Å². The highest BCUT2D eigenvalue weighted by Gasteiger charge is 2.12. The van der Waals surface area contributed by atoms with E-state index in [0.29, 0.717) is 10.0 Å². The topological polar surface area (TPSA) is 68.3 Å². The third kappa shape index (κ3) is 5.83. The van der Waals surface area contributed by atoms with Gasteiger partial charge in [-0.2, -0.15) is 0 Å². The molecule has 0 spiro atoms. The predicted molar refractivity (Wildman–Crippen MR) is 74.7 cm³/mol. The predicted octanol–water partition coefficient (Wildman–Crippen LogP) is 2.31. The fourth-order valence-corrected chi connectivity index (χ4v) is 1.92. The number of amides is 1. The molecule has 1 unspecified atom stereocenters. The van der Waals surface area contributed by atoms with Gasteiger partial charge in [-0.15, -0.1) is 0 Å².